The summed E-state index contributed by atoms with van der Waals surface area (Å²) >= 11 is 3.48. The number of fused-ring (bicyclic) bond motifs is 1. The van der Waals surface area contributed by atoms with Crippen LogP contribution < -0.4 is 0 Å². The molecule has 5 nitrogen and oxygen atoms in total. The largest absolute Gasteiger partial charge is 0.412 e. The lowest BCUT2D eigenvalue weighted by Gasteiger charge is -2.38. The quantitative estimate of drug-likeness (QED) is 0.659. The average molecular weight is 436 g/mol. The fourth-order valence-corrected chi connectivity index (χ4v) is 4.73. The number of likely N-dealkylation sites (tertiary alicyclic amines) is 1. The maximum atomic E-state index is 12.9. The number of nitrogens with zero attached hydrogens (tertiary/aromatic N) is 3. The molecule has 0 saturated carbocycles. The van der Waals surface area contributed by atoms with Crippen LogP contribution in [0.2, 0.25) is 18.1 Å². The van der Waals surface area contributed by atoms with Gasteiger partial charge < -0.3 is 9.33 Å². The molecule has 0 aliphatic carbocycles. The standard InChI is InChI=1S/C19H26BrN3O2Si/c1-19(2,3)26(4,5)25-14-6-7-23(12-14)18(24)13-8-15-16(20)10-21-11-17(15)22-9-13/h8-11,14H,6-7,12H2,1-5H3. The molecule has 1 aliphatic rings. The normalized spacial score (nSPS) is 18.5. The van der Waals surface area contributed by atoms with Gasteiger partial charge in [-0.15, -0.1) is 0 Å². The Morgan fingerprint density at radius 2 is 2.04 bits per heavy atom. The van der Waals surface area contributed by atoms with Crippen LogP contribution in [0, 0.1) is 0 Å². The smallest absolute Gasteiger partial charge is 0.255 e. The van der Waals surface area contributed by atoms with E-state index in [1.807, 2.05) is 11.0 Å². The van der Waals surface area contributed by atoms with Crippen LogP contribution in [0.15, 0.2) is 29.1 Å². The van der Waals surface area contributed by atoms with Crippen LogP contribution in [-0.4, -0.2) is 48.3 Å². The van der Waals surface area contributed by atoms with E-state index in [1.54, 1.807) is 18.6 Å². The van der Waals surface area contributed by atoms with Crippen molar-refractivity contribution in [1.82, 2.24) is 14.9 Å². The Balaban J connectivity index is 1.73. The van der Waals surface area contributed by atoms with Crippen molar-refractivity contribution in [1.29, 1.82) is 0 Å². The number of amides is 1. The fourth-order valence-electron chi connectivity index (χ4n) is 2.91. The third kappa shape index (κ3) is 3.84. The van der Waals surface area contributed by atoms with E-state index in [9.17, 15) is 4.79 Å². The number of aromatic nitrogens is 2. The van der Waals surface area contributed by atoms with Crippen molar-refractivity contribution in [3.8, 4) is 0 Å². The first-order valence-corrected chi connectivity index (χ1v) is 12.6. The molecule has 2 aromatic rings. The minimum atomic E-state index is -1.82. The number of rotatable bonds is 3. The molecule has 0 radical (unpaired) electrons. The van der Waals surface area contributed by atoms with Crippen molar-refractivity contribution in [3.05, 3.63) is 34.7 Å². The molecule has 3 heterocycles. The average Bonchev–Trinajstić information content (AvgIpc) is 3.01. The molecule has 0 spiro atoms. The molecule has 7 heteroatoms. The molecule has 26 heavy (non-hydrogen) atoms. The third-order valence-electron chi connectivity index (χ3n) is 5.51. The van der Waals surface area contributed by atoms with E-state index < -0.39 is 8.32 Å². The van der Waals surface area contributed by atoms with Crippen LogP contribution in [0.3, 0.4) is 0 Å². The first-order valence-electron chi connectivity index (χ1n) is 8.95. The summed E-state index contributed by atoms with van der Waals surface area (Å²) in [4.78, 5) is 23.3. The lowest BCUT2D eigenvalue weighted by molar-refractivity contribution is 0.0768. The summed E-state index contributed by atoms with van der Waals surface area (Å²) in [6.07, 6.45) is 6.09. The Morgan fingerprint density at radius 1 is 1.31 bits per heavy atom. The molecule has 140 valence electrons. The predicted molar refractivity (Wildman–Crippen MR) is 110 cm³/mol. The molecule has 0 N–H and O–H groups in total. The molecule has 1 atom stereocenters. The number of carbonyl (C=O) groups is 1. The van der Waals surface area contributed by atoms with Gasteiger partial charge in [-0.2, -0.15) is 0 Å². The number of hydrogen-bond donors (Lipinski definition) is 0. The molecule has 2 aromatic heterocycles. The Kier molecular flexibility index (Phi) is 5.25. The highest BCUT2D eigenvalue weighted by Gasteiger charge is 2.41. The van der Waals surface area contributed by atoms with Crippen LogP contribution >= 0.6 is 15.9 Å². The molecule has 1 fully saturated rings. The molecule has 0 aromatic carbocycles. The van der Waals surface area contributed by atoms with Crippen molar-refractivity contribution in [2.24, 2.45) is 0 Å². The van der Waals surface area contributed by atoms with E-state index >= 15 is 0 Å². The van der Waals surface area contributed by atoms with Crippen LogP contribution in [-0.2, 0) is 4.43 Å². The molecule has 3 rings (SSSR count). The van der Waals surface area contributed by atoms with Crippen molar-refractivity contribution in [2.75, 3.05) is 13.1 Å². The zero-order valence-electron chi connectivity index (χ0n) is 16.0. The van der Waals surface area contributed by atoms with Gasteiger partial charge in [0.05, 0.1) is 23.4 Å². The van der Waals surface area contributed by atoms with Crippen LogP contribution in [0.25, 0.3) is 10.9 Å². The van der Waals surface area contributed by atoms with Crippen LogP contribution in [0.4, 0.5) is 0 Å². The highest BCUT2D eigenvalue weighted by atomic mass is 79.9. The van der Waals surface area contributed by atoms with Gasteiger partial charge in [-0.3, -0.25) is 14.8 Å². The molecular formula is C19H26BrN3O2Si. The summed E-state index contributed by atoms with van der Waals surface area (Å²) in [6, 6.07) is 1.89. The van der Waals surface area contributed by atoms with Gasteiger partial charge >= 0.3 is 0 Å². The minimum Gasteiger partial charge on any atom is -0.412 e. The van der Waals surface area contributed by atoms with E-state index in [0.29, 0.717) is 12.1 Å². The second-order valence-electron chi connectivity index (χ2n) is 8.45. The van der Waals surface area contributed by atoms with Gasteiger partial charge in [0.2, 0.25) is 0 Å². The first-order chi connectivity index (χ1) is 12.1. The van der Waals surface area contributed by atoms with Crippen molar-refractivity contribution >= 4 is 41.1 Å². The maximum Gasteiger partial charge on any atom is 0.255 e. The number of hydrogen-bond acceptors (Lipinski definition) is 4. The Hall–Kier alpha value is -1.31. The highest BCUT2D eigenvalue weighted by molar-refractivity contribution is 9.10. The van der Waals surface area contributed by atoms with E-state index in [0.717, 1.165) is 28.3 Å². The topological polar surface area (TPSA) is 55.3 Å². The fraction of sp³-hybridized carbons (Fsp3) is 0.526. The zero-order valence-corrected chi connectivity index (χ0v) is 18.6. The predicted octanol–water partition coefficient (Wildman–Crippen LogP) is 4.63. The summed E-state index contributed by atoms with van der Waals surface area (Å²) in [5, 5.41) is 1.08. The number of pyridine rings is 2. The van der Waals surface area contributed by atoms with Gasteiger partial charge in [0.15, 0.2) is 8.32 Å². The first kappa shape index (κ1) is 19.4. The summed E-state index contributed by atoms with van der Waals surface area (Å²) in [6.45, 7) is 12.6. The number of carbonyl (C=O) groups excluding carboxylic acids is 1. The third-order valence-corrected chi connectivity index (χ3v) is 10.7. The van der Waals surface area contributed by atoms with E-state index in [2.05, 4.69) is 59.8 Å². The summed E-state index contributed by atoms with van der Waals surface area (Å²) in [5.41, 5.74) is 1.38. The lowest BCUT2D eigenvalue weighted by Crippen LogP contribution is -2.44. The summed E-state index contributed by atoms with van der Waals surface area (Å²) in [7, 11) is -1.82. The van der Waals surface area contributed by atoms with Crippen molar-refractivity contribution < 1.29 is 9.22 Å². The van der Waals surface area contributed by atoms with Crippen LogP contribution in [0.5, 0.6) is 0 Å². The Labute approximate surface area is 164 Å². The zero-order chi connectivity index (χ0) is 19.1. The van der Waals surface area contributed by atoms with Gasteiger partial charge in [0.25, 0.3) is 5.91 Å². The van der Waals surface area contributed by atoms with E-state index in [4.69, 9.17) is 4.43 Å². The summed E-state index contributed by atoms with van der Waals surface area (Å²) in [5.74, 6) is 0.0180. The maximum absolute atomic E-state index is 12.9. The second-order valence-corrected chi connectivity index (χ2v) is 14.1. The Morgan fingerprint density at radius 3 is 2.73 bits per heavy atom. The van der Waals surface area contributed by atoms with Crippen LogP contribution in [0.1, 0.15) is 37.6 Å². The molecule has 0 bridgehead atoms. The SMILES string of the molecule is CC(C)(C)[Si](C)(C)OC1CCN(C(=O)c2cnc3cncc(Br)c3c2)C1. The van der Waals surface area contributed by atoms with Gasteiger partial charge in [-0.25, -0.2) is 0 Å². The van der Waals surface area contributed by atoms with E-state index in [1.165, 1.54) is 0 Å². The van der Waals surface area contributed by atoms with Gasteiger partial charge in [-0.05, 0) is 46.5 Å². The van der Waals surface area contributed by atoms with Gasteiger partial charge in [0, 0.05) is 35.3 Å². The van der Waals surface area contributed by atoms with Crippen molar-refractivity contribution in [2.45, 2.75) is 51.4 Å². The highest BCUT2D eigenvalue weighted by Crippen LogP contribution is 2.38. The molecule has 1 amide bonds. The van der Waals surface area contributed by atoms with Crippen molar-refractivity contribution in [3.63, 3.8) is 0 Å². The molecule has 1 aliphatic heterocycles. The molecule has 1 unspecified atom stereocenters. The second kappa shape index (κ2) is 7.02. The lowest BCUT2D eigenvalue weighted by atomic mass is 10.2. The van der Waals surface area contributed by atoms with Gasteiger partial charge in [-0.1, -0.05) is 20.8 Å². The minimum absolute atomic E-state index is 0.0180. The number of halogens is 1. The van der Waals surface area contributed by atoms with Gasteiger partial charge in [0.1, 0.15) is 0 Å². The molecule has 1 saturated heterocycles. The Bertz CT molecular complexity index is 835. The summed E-state index contributed by atoms with van der Waals surface area (Å²) < 4.78 is 7.33. The van der Waals surface area contributed by atoms with E-state index in [-0.39, 0.29) is 17.0 Å². The monoisotopic (exact) mass is 435 g/mol. The molecular weight excluding hydrogens is 410 g/mol.